The van der Waals surface area contributed by atoms with Crippen LogP contribution in [0.3, 0.4) is 0 Å². The van der Waals surface area contributed by atoms with Crippen LogP contribution in [0.1, 0.15) is 47.6 Å². The lowest BCUT2D eigenvalue weighted by Crippen LogP contribution is -2.40. The second-order valence-corrected chi connectivity index (χ2v) is 8.94. The number of nitriles is 1. The summed E-state index contributed by atoms with van der Waals surface area (Å²) in [6.45, 7) is 8.80. The average molecular weight is 614 g/mol. The fraction of sp³-hybridized carbons (Fsp3) is 0.276. The Balaban J connectivity index is 0.00000301. The van der Waals surface area contributed by atoms with Gasteiger partial charge in [-0.2, -0.15) is 31.6 Å². The molecule has 0 saturated heterocycles. The Bertz CT molecular complexity index is 1450. The Kier molecular flexibility index (Phi) is 11.5. The molecule has 0 aliphatic rings. The van der Waals surface area contributed by atoms with E-state index in [0.717, 1.165) is 29.3 Å². The van der Waals surface area contributed by atoms with E-state index in [1.54, 1.807) is 6.92 Å². The molecule has 0 bridgehead atoms. The number of hydrogen-bond acceptors (Lipinski definition) is 5. The maximum Gasteiger partial charge on any atom is 0.417 e. The predicted octanol–water partition coefficient (Wildman–Crippen LogP) is 8.99. The molecule has 3 rings (SSSR count). The molecular weight excluding hydrogens is 587 g/mol. The molecule has 3 aromatic rings. The van der Waals surface area contributed by atoms with Crippen molar-refractivity contribution in [2.45, 2.75) is 39.0 Å². The van der Waals surface area contributed by atoms with Crippen LogP contribution in [0.25, 0.3) is 11.5 Å². The van der Waals surface area contributed by atoms with Crippen LogP contribution in [0.2, 0.25) is 5.02 Å². The molecular formula is C29H27ClF7N5. The average Bonchev–Trinajstić information content (AvgIpc) is 2.95. The molecule has 42 heavy (non-hydrogen) atoms. The monoisotopic (exact) mass is 613 g/mol. The first-order valence-corrected chi connectivity index (χ1v) is 12.8. The van der Waals surface area contributed by atoms with E-state index >= 15 is 4.39 Å². The molecule has 0 fully saturated rings. The molecule has 0 amide bonds. The third-order valence-corrected chi connectivity index (χ3v) is 6.28. The predicted molar refractivity (Wildman–Crippen MR) is 149 cm³/mol. The van der Waals surface area contributed by atoms with Gasteiger partial charge in [0.05, 0.1) is 17.3 Å². The minimum absolute atomic E-state index is 0.0237. The number of aromatic nitrogens is 2. The standard InChI is InChI=1S/C27H21ClF7N5.C2H6/c1-16-5-6-18(14-23(16)28)21(26(30,31)32)15-24(29)19-7-8-20(22(13-19)27(33,34)35)17(2)40(12-9-36)39(3)25-37-10-4-11-38-25;1-2/h4-8,10-11,13-15,21H,2,12H2,1,3H3;1-2H3/b24-15-;. The lowest BCUT2D eigenvalue weighted by atomic mass is 9.94. The summed E-state index contributed by atoms with van der Waals surface area (Å²) in [7, 11) is 1.40. The summed E-state index contributed by atoms with van der Waals surface area (Å²) in [6, 6.07) is 8.99. The van der Waals surface area contributed by atoms with E-state index < -0.39 is 47.3 Å². The molecule has 13 heteroatoms. The Labute approximate surface area is 244 Å². The Morgan fingerprint density at radius 2 is 1.69 bits per heavy atom. The number of hydrazine groups is 1. The lowest BCUT2D eigenvalue weighted by molar-refractivity contribution is -0.140. The summed E-state index contributed by atoms with van der Waals surface area (Å²) < 4.78 is 99.1. The van der Waals surface area contributed by atoms with Crippen molar-refractivity contribution >= 4 is 29.1 Å². The van der Waals surface area contributed by atoms with Crippen molar-refractivity contribution < 1.29 is 30.7 Å². The van der Waals surface area contributed by atoms with Crippen LogP contribution in [0.15, 0.2) is 67.5 Å². The zero-order valence-corrected chi connectivity index (χ0v) is 23.8. The Morgan fingerprint density at radius 3 is 2.21 bits per heavy atom. The van der Waals surface area contributed by atoms with Crippen LogP contribution in [0, 0.1) is 18.3 Å². The van der Waals surface area contributed by atoms with Gasteiger partial charge in [0.2, 0.25) is 5.95 Å². The van der Waals surface area contributed by atoms with Gasteiger partial charge in [0.25, 0.3) is 0 Å². The van der Waals surface area contributed by atoms with Crippen molar-refractivity contribution in [1.82, 2.24) is 15.0 Å². The van der Waals surface area contributed by atoms with Gasteiger partial charge < -0.3 is 0 Å². The number of allylic oxidation sites excluding steroid dienone is 1. The first-order valence-electron chi connectivity index (χ1n) is 12.4. The van der Waals surface area contributed by atoms with E-state index in [1.807, 2.05) is 19.9 Å². The van der Waals surface area contributed by atoms with Crippen molar-refractivity contribution in [3.8, 4) is 6.07 Å². The van der Waals surface area contributed by atoms with E-state index in [4.69, 9.17) is 11.6 Å². The number of alkyl halides is 6. The van der Waals surface area contributed by atoms with Crippen molar-refractivity contribution in [3.05, 3.63) is 100 Å². The SMILES string of the molecule is C=C(c1ccc(/C(F)=C/C(c2ccc(C)c(Cl)c2)C(F)(F)F)cc1C(F)(F)F)N(CC#N)N(C)c1ncccn1.CC. The second-order valence-electron chi connectivity index (χ2n) is 8.54. The maximum atomic E-state index is 15.2. The number of rotatable bonds is 8. The van der Waals surface area contributed by atoms with Crippen LogP contribution < -0.4 is 5.01 Å². The fourth-order valence-electron chi connectivity index (χ4n) is 3.76. The maximum absolute atomic E-state index is 15.2. The molecule has 0 N–H and O–H groups in total. The van der Waals surface area contributed by atoms with Gasteiger partial charge in [0.15, 0.2) is 0 Å². The van der Waals surface area contributed by atoms with Crippen LogP contribution >= 0.6 is 11.6 Å². The molecule has 1 atom stereocenters. The summed E-state index contributed by atoms with van der Waals surface area (Å²) in [4.78, 5) is 7.98. The molecule has 1 unspecified atom stereocenters. The zero-order valence-electron chi connectivity index (χ0n) is 23.0. The zero-order chi connectivity index (χ0) is 31.8. The quantitative estimate of drug-likeness (QED) is 0.144. The molecule has 5 nitrogen and oxygen atoms in total. The van der Waals surface area contributed by atoms with Crippen molar-refractivity contribution in [1.29, 1.82) is 5.26 Å². The number of benzene rings is 2. The minimum Gasteiger partial charge on any atom is -0.269 e. The summed E-state index contributed by atoms with van der Waals surface area (Å²) in [5, 5.41) is 11.6. The van der Waals surface area contributed by atoms with Crippen LogP contribution in [-0.4, -0.2) is 34.7 Å². The minimum atomic E-state index is -5.05. The lowest BCUT2D eigenvalue weighted by Gasteiger charge is -2.34. The largest absolute Gasteiger partial charge is 0.417 e. The van der Waals surface area contributed by atoms with Crippen LogP contribution in [-0.2, 0) is 6.18 Å². The number of anilines is 1. The highest BCUT2D eigenvalue weighted by Gasteiger charge is 2.40. The molecule has 0 aliphatic heterocycles. The number of halogens is 8. The topological polar surface area (TPSA) is 56.1 Å². The highest BCUT2D eigenvalue weighted by Crippen LogP contribution is 2.41. The van der Waals surface area contributed by atoms with Gasteiger partial charge in [-0.1, -0.05) is 56.3 Å². The first kappa shape index (κ1) is 34.1. The summed E-state index contributed by atoms with van der Waals surface area (Å²) in [6.07, 6.45) is -7.04. The van der Waals surface area contributed by atoms with E-state index in [9.17, 15) is 31.6 Å². The van der Waals surface area contributed by atoms with Gasteiger partial charge in [-0.15, -0.1) is 0 Å². The van der Waals surface area contributed by atoms with Crippen molar-refractivity contribution in [3.63, 3.8) is 0 Å². The number of nitrogens with zero attached hydrogens (tertiary/aromatic N) is 5. The smallest absolute Gasteiger partial charge is 0.269 e. The highest BCUT2D eigenvalue weighted by molar-refractivity contribution is 6.31. The number of hydrogen-bond donors (Lipinski definition) is 0. The second kappa shape index (κ2) is 14.2. The Hall–Kier alpha value is -4.11. The van der Waals surface area contributed by atoms with Gasteiger partial charge in [0.1, 0.15) is 18.3 Å². The molecule has 2 aromatic carbocycles. The van der Waals surface area contributed by atoms with E-state index in [1.165, 1.54) is 36.6 Å². The molecule has 0 spiro atoms. The molecule has 224 valence electrons. The van der Waals surface area contributed by atoms with Gasteiger partial charge in [-0.3, -0.25) is 10.0 Å². The van der Waals surface area contributed by atoms with E-state index in [-0.39, 0.29) is 28.3 Å². The molecule has 1 aromatic heterocycles. The normalized spacial score (nSPS) is 12.5. The first-order chi connectivity index (χ1) is 19.6. The molecule has 0 saturated carbocycles. The summed E-state index contributed by atoms with van der Waals surface area (Å²) in [5.74, 6) is -3.95. The molecule has 0 aliphatic carbocycles. The summed E-state index contributed by atoms with van der Waals surface area (Å²) in [5.41, 5.74) is -2.82. The van der Waals surface area contributed by atoms with Gasteiger partial charge in [0, 0.05) is 35.6 Å². The molecule has 1 heterocycles. The van der Waals surface area contributed by atoms with Crippen LogP contribution in [0.4, 0.5) is 36.7 Å². The third kappa shape index (κ3) is 8.22. The van der Waals surface area contributed by atoms with Crippen LogP contribution in [0.5, 0.6) is 0 Å². The summed E-state index contributed by atoms with van der Waals surface area (Å²) >= 11 is 5.94. The molecule has 0 radical (unpaired) electrons. The third-order valence-electron chi connectivity index (χ3n) is 5.87. The fourth-order valence-corrected chi connectivity index (χ4v) is 3.95. The van der Waals surface area contributed by atoms with Gasteiger partial charge >= 0.3 is 12.4 Å². The van der Waals surface area contributed by atoms with Gasteiger partial charge in [-0.25, -0.2) is 14.4 Å². The van der Waals surface area contributed by atoms with Crippen molar-refractivity contribution in [2.75, 3.05) is 18.6 Å². The highest BCUT2D eigenvalue weighted by atomic mass is 35.5. The number of aryl methyl sites for hydroxylation is 1. The van der Waals surface area contributed by atoms with Gasteiger partial charge in [-0.05, 0) is 42.3 Å². The van der Waals surface area contributed by atoms with E-state index in [2.05, 4.69) is 16.5 Å². The van der Waals surface area contributed by atoms with E-state index in [0.29, 0.717) is 11.6 Å². The van der Waals surface area contributed by atoms with Crippen molar-refractivity contribution in [2.24, 2.45) is 0 Å². The Morgan fingerprint density at radius 1 is 1.07 bits per heavy atom.